The number of aliphatic hydroxyl groups excluding tert-OH is 2. The normalized spacial score (nSPS) is 29.0. The van der Waals surface area contributed by atoms with Crippen molar-refractivity contribution in [2.45, 2.75) is 69.7 Å². The molecule has 142 valence electrons. The summed E-state index contributed by atoms with van der Waals surface area (Å²) in [5.41, 5.74) is 6.34. The van der Waals surface area contributed by atoms with Gasteiger partial charge in [0.05, 0.1) is 18.3 Å². The molecule has 1 aromatic rings. The van der Waals surface area contributed by atoms with Crippen LogP contribution in [0.15, 0.2) is 18.2 Å². The van der Waals surface area contributed by atoms with Crippen molar-refractivity contribution < 1.29 is 23.4 Å². The molecule has 1 unspecified atom stereocenters. The van der Waals surface area contributed by atoms with Gasteiger partial charge in [-0.1, -0.05) is 26.8 Å². The largest absolute Gasteiger partial charge is 0.410 e. The lowest BCUT2D eigenvalue weighted by atomic mass is 9.92. The summed E-state index contributed by atoms with van der Waals surface area (Å²) < 4.78 is 33.6. The molecule has 0 saturated heterocycles. The van der Waals surface area contributed by atoms with E-state index in [4.69, 9.17) is 10.2 Å². The first-order valence-electron chi connectivity index (χ1n) is 8.59. The van der Waals surface area contributed by atoms with Gasteiger partial charge in [-0.2, -0.15) is 0 Å². The van der Waals surface area contributed by atoms with Crippen LogP contribution in [0, 0.1) is 17.6 Å². The van der Waals surface area contributed by atoms with Crippen LogP contribution >= 0.6 is 0 Å². The summed E-state index contributed by atoms with van der Waals surface area (Å²) in [5.74, 6) is -2.37. The first-order valence-corrected chi connectivity index (χ1v) is 11.5. The summed E-state index contributed by atoms with van der Waals surface area (Å²) >= 11 is 0. The summed E-state index contributed by atoms with van der Waals surface area (Å²) in [6, 6.07) is 3.07. The Balaban J connectivity index is 2.43. The van der Waals surface area contributed by atoms with Crippen molar-refractivity contribution >= 4 is 8.32 Å². The zero-order valence-electron chi connectivity index (χ0n) is 15.5. The van der Waals surface area contributed by atoms with Crippen LogP contribution in [0.3, 0.4) is 0 Å². The number of hydrogen-bond donors (Lipinski definition) is 3. The van der Waals surface area contributed by atoms with Gasteiger partial charge in [0.2, 0.25) is 0 Å². The molecule has 0 amide bonds. The van der Waals surface area contributed by atoms with Crippen molar-refractivity contribution in [3.63, 3.8) is 0 Å². The van der Waals surface area contributed by atoms with E-state index in [0.29, 0.717) is 12.0 Å². The maximum absolute atomic E-state index is 13.8. The SMILES string of the molecule is CC(C)(C)[Si](C)(C)OC(c1ccc(F)c(F)c1)[C@H]1C[C@@H](N)[C@H](O)[C@@H]1O. The van der Waals surface area contributed by atoms with Gasteiger partial charge in [-0.15, -0.1) is 0 Å². The maximum Gasteiger partial charge on any atom is 0.192 e. The minimum atomic E-state index is -2.27. The molecule has 5 atom stereocenters. The molecule has 1 fully saturated rings. The second-order valence-corrected chi connectivity index (χ2v) is 13.3. The lowest BCUT2D eigenvalue weighted by Gasteiger charge is -2.41. The predicted molar refractivity (Wildman–Crippen MR) is 95.5 cm³/mol. The van der Waals surface area contributed by atoms with E-state index in [9.17, 15) is 19.0 Å². The van der Waals surface area contributed by atoms with Crippen LogP contribution in [0.25, 0.3) is 0 Å². The summed E-state index contributed by atoms with van der Waals surface area (Å²) in [7, 11) is -2.27. The van der Waals surface area contributed by atoms with Gasteiger partial charge in [-0.3, -0.25) is 0 Å². The van der Waals surface area contributed by atoms with Crippen LogP contribution < -0.4 is 5.73 Å². The summed E-state index contributed by atoms with van der Waals surface area (Å²) in [5, 5.41) is 20.4. The monoisotopic (exact) mass is 373 g/mol. The van der Waals surface area contributed by atoms with Crippen LogP contribution in [0.5, 0.6) is 0 Å². The molecule has 0 heterocycles. The number of halogens is 2. The van der Waals surface area contributed by atoms with Gasteiger partial charge in [0.25, 0.3) is 0 Å². The van der Waals surface area contributed by atoms with Crippen molar-refractivity contribution in [2.75, 3.05) is 0 Å². The molecule has 4 nitrogen and oxygen atoms in total. The first kappa shape index (κ1) is 20.4. The highest BCUT2D eigenvalue weighted by Crippen LogP contribution is 2.45. The van der Waals surface area contributed by atoms with Crippen molar-refractivity contribution in [2.24, 2.45) is 11.7 Å². The number of nitrogens with two attached hydrogens (primary N) is 1. The van der Waals surface area contributed by atoms with Crippen LogP contribution in [0.2, 0.25) is 18.1 Å². The van der Waals surface area contributed by atoms with E-state index < -0.39 is 50.2 Å². The highest BCUT2D eigenvalue weighted by molar-refractivity contribution is 6.74. The molecule has 4 N–H and O–H groups in total. The number of aliphatic hydroxyl groups is 2. The Morgan fingerprint density at radius 2 is 1.76 bits per heavy atom. The van der Waals surface area contributed by atoms with E-state index in [1.165, 1.54) is 6.07 Å². The molecule has 0 radical (unpaired) electrons. The van der Waals surface area contributed by atoms with E-state index in [1.54, 1.807) is 0 Å². The highest BCUT2D eigenvalue weighted by Gasteiger charge is 2.48. The minimum Gasteiger partial charge on any atom is -0.410 e. The second-order valence-electron chi connectivity index (χ2n) is 8.52. The molecular weight excluding hydrogens is 344 g/mol. The van der Waals surface area contributed by atoms with Gasteiger partial charge in [-0.25, -0.2) is 8.78 Å². The molecule has 0 bridgehead atoms. The van der Waals surface area contributed by atoms with Gasteiger partial charge >= 0.3 is 0 Å². The molecule has 7 heteroatoms. The Kier molecular flexibility index (Phi) is 5.76. The highest BCUT2D eigenvalue weighted by atomic mass is 28.4. The van der Waals surface area contributed by atoms with E-state index in [-0.39, 0.29) is 5.04 Å². The zero-order chi connectivity index (χ0) is 19.2. The zero-order valence-corrected chi connectivity index (χ0v) is 16.5. The minimum absolute atomic E-state index is 0.103. The molecule has 1 aliphatic carbocycles. The van der Waals surface area contributed by atoms with Crippen LogP contribution in [0.1, 0.15) is 38.9 Å². The lowest BCUT2D eigenvalue weighted by Crippen LogP contribution is -2.44. The number of benzene rings is 1. The fourth-order valence-corrected chi connectivity index (χ4v) is 4.29. The Hall–Kier alpha value is -0.863. The molecule has 0 spiro atoms. The van der Waals surface area contributed by atoms with Crippen molar-refractivity contribution in [3.8, 4) is 0 Å². The third-order valence-corrected chi connectivity index (χ3v) is 10.1. The number of rotatable bonds is 4. The topological polar surface area (TPSA) is 75.7 Å². The van der Waals surface area contributed by atoms with Crippen molar-refractivity contribution in [1.29, 1.82) is 0 Å². The van der Waals surface area contributed by atoms with Gasteiger partial charge in [0.15, 0.2) is 20.0 Å². The van der Waals surface area contributed by atoms with Crippen LogP contribution in [-0.4, -0.2) is 36.8 Å². The molecule has 1 aromatic carbocycles. The fraction of sp³-hybridized carbons (Fsp3) is 0.667. The quantitative estimate of drug-likeness (QED) is 0.709. The molecule has 0 aromatic heterocycles. The van der Waals surface area contributed by atoms with Gasteiger partial charge in [0, 0.05) is 12.0 Å². The number of hydrogen-bond acceptors (Lipinski definition) is 4. The average Bonchev–Trinajstić information content (AvgIpc) is 2.74. The molecule has 0 aliphatic heterocycles. The first-order chi connectivity index (χ1) is 11.3. The maximum atomic E-state index is 13.8. The van der Waals surface area contributed by atoms with Crippen LogP contribution in [-0.2, 0) is 4.43 Å². The smallest absolute Gasteiger partial charge is 0.192 e. The summed E-state index contributed by atoms with van der Waals surface area (Å²) in [6.45, 7) is 10.3. The average molecular weight is 374 g/mol. The molecule has 1 saturated carbocycles. The predicted octanol–water partition coefficient (Wildman–Crippen LogP) is 3.10. The molecular formula is C18H29F2NO3Si. The summed E-state index contributed by atoms with van der Waals surface area (Å²) in [4.78, 5) is 0. The van der Waals surface area contributed by atoms with Gasteiger partial charge in [0.1, 0.15) is 0 Å². The van der Waals surface area contributed by atoms with E-state index in [1.807, 2.05) is 0 Å². The fourth-order valence-electron chi connectivity index (χ4n) is 2.99. The molecule has 25 heavy (non-hydrogen) atoms. The molecule has 2 rings (SSSR count). The van der Waals surface area contributed by atoms with E-state index in [2.05, 4.69) is 33.9 Å². The third-order valence-electron chi connectivity index (χ3n) is 5.66. The van der Waals surface area contributed by atoms with E-state index in [0.717, 1.165) is 12.1 Å². The Morgan fingerprint density at radius 3 is 2.20 bits per heavy atom. The van der Waals surface area contributed by atoms with Crippen molar-refractivity contribution in [3.05, 3.63) is 35.4 Å². The summed E-state index contributed by atoms with van der Waals surface area (Å²) in [6.07, 6.45) is -2.44. The molecule has 1 aliphatic rings. The standard InChI is InChI=1S/C18H29F2NO3Si/c1-18(2,3)25(4,5)24-17(10-6-7-12(19)13(20)8-10)11-9-14(21)16(23)15(11)22/h6-8,11,14-17,22-23H,9,21H2,1-5H3/t11-,14+,15+,16-,17?/m0/s1. The van der Waals surface area contributed by atoms with Gasteiger partial charge < -0.3 is 20.4 Å². The van der Waals surface area contributed by atoms with E-state index >= 15 is 0 Å². The Morgan fingerprint density at radius 1 is 1.16 bits per heavy atom. The Bertz CT molecular complexity index is 621. The van der Waals surface area contributed by atoms with Gasteiger partial charge in [-0.05, 0) is 42.2 Å². The van der Waals surface area contributed by atoms with Crippen LogP contribution in [0.4, 0.5) is 8.78 Å². The van der Waals surface area contributed by atoms with Crippen molar-refractivity contribution in [1.82, 2.24) is 0 Å². The second kappa shape index (κ2) is 7.04. The third kappa shape index (κ3) is 4.11. The Labute approximate surface area is 149 Å². The lowest BCUT2D eigenvalue weighted by molar-refractivity contribution is -0.0194.